The van der Waals surface area contributed by atoms with E-state index in [0.29, 0.717) is 12.1 Å². The highest BCUT2D eigenvalue weighted by Crippen LogP contribution is 2.33. The number of halogens is 3. The number of hydrogen-bond donors (Lipinski definition) is 1. The van der Waals surface area contributed by atoms with Crippen molar-refractivity contribution in [1.82, 2.24) is 5.32 Å². The third-order valence-corrected chi connectivity index (χ3v) is 2.33. The number of alkyl halides is 3. The molecule has 0 heterocycles. The summed E-state index contributed by atoms with van der Waals surface area (Å²) >= 11 is 0. The molecule has 1 aromatic rings. The van der Waals surface area contributed by atoms with E-state index in [1.165, 1.54) is 20.1 Å². The van der Waals surface area contributed by atoms with Crippen LogP contribution in [0.4, 0.5) is 13.2 Å². The molecule has 0 fully saturated rings. The number of nitrogens with one attached hydrogen (secondary N) is 1. The summed E-state index contributed by atoms with van der Waals surface area (Å²) in [6, 6.07) is 3.25. The van der Waals surface area contributed by atoms with Crippen LogP contribution in [-0.4, -0.2) is 19.6 Å². The number of rotatable bonds is 4. The van der Waals surface area contributed by atoms with Gasteiger partial charge in [0.1, 0.15) is 5.75 Å². The zero-order valence-corrected chi connectivity index (χ0v) is 10.5. The average Bonchev–Trinajstić information content (AvgIpc) is 2.33. The minimum absolute atomic E-state index is 0.133. The number of carbonyl (C=O) groups excluding carboxylic acids is 1. The van der Waals surface area contributed by atoms with Crippen molar-refractivity contribution in [3.63, 3.8) is 0 Å². The number of methoxy groups -OCH3 is 1. The molecule has 0 spiro atoms. The van der Waals surface area contributed by atoms with Crippen molar-refractivity contribution in [1.29, 1.82) is 0 Å². The van der Waals surface area contributed by atoms with Crippen molar-refractivity contribution in [2.24, 2.45) is 0 Å². The van der Waals surface area contributed by atoms with Gasteiger partial charge in [0.25, 0.3) is 0 Å². The van der Waals surface area contributed by atoms with Gasteiger partial charge in [-0.25, -0.2) is 0 Å². The smallest absolute Gasteiger partial charge is 0.416 e. The Morgan fingerprint density at radius 1 is 1.42 bits per heavy atom. The van der Waals surface area contributed by atoms with E-state index in [2.05, 4.69) is 5.32 Å². The van der Waals surface area contributed by atoms with Crippen LogP contribution < -0.4 is 10.1 Å². The quantitative estimate of drug-likeness (QED) is 0.916. The Balaban J connectivity index is 2.87. The average molecular weight is 273 g/mol. The summed E-state index contributed by atoms with van der Waals surface area (Å²) < 4.78 is 42.5. The Hall–Kier alpha value is -1.98. The maximum absolute atomic E-state index is 12.5. The van der Waals surface area contributed by atoms with E-state index in [1.54, 1.807) is 12.2 Å². The summed E-state index contributed by atoms with van der Waals surface area (Å²) in [6.07, 6.45) is -1.17. The number of ether oxygens (including phenoxy) is 1. The van der Waals surface area contributed by atoms with Crippen molar-refractivity contribution >= 4 is 12.0 Å². The molecule has 0 aliphatic rings. The molecule has 104 valence electrons. The van der Waals surface area contributed by atoms with Crippen LogP contribution in [0.1, 0.15) is 18.1 Å². The Labute approximate surface area is 109 Å². The number of carbonyl (C=O) groups is 1. The van der Waals surface area contributed by atoms with Crippen molar-refractivity contribution in [3.05, 3.63) is 35.4 Å². The second-order valence-electron chi connectivity index (χ2n) is 3.79. The van der Waals surface area contributed by atoms with Gasteiger partial charge in [0.15, 0.2) is 0 Å². The third-order valence-electron chi connectivity index (χ3n) is 2.33. The van der Waals surface area contributed by atoms with Crippen LogP contribution >= 0.6 is 0 Å². The predicted octanol–water partition coefficient (Wildman–Crippen LogP) is 2.86. The van der Waals surface area contributed by atoms with Crippen molar-refractivity contribution in [3.8, 4) is 5.75 Å². The standard InChI is InChI=1S/C13H14F3NO2/c1-9(18)17-7-3-4-10-5-6-11(13(14,15)16)8-12(10)19-2/h3-6,8H,7H2,1-2H3,(H,17,18). The second kappa shape index (κ2) is 6.26. The van der Waals surface area contributed by atoms with Crippen LogP contribution in [0.15, 0.2) is 24.3 Å². The summed E-state index contributed by atoms with van der Waals surface area (Å²) in [5.41, 5.74) is -0.246. The first kappa shape index (κ1) is 15.1. The van der Waals surface area contributed by atoms with Gasteiger partial charge in [-0.1, -0.05) is 18.2 Å². The SMILES string of the molecule is COc1cc(C(F)(F)F)ccc1C=CCNC(C)=O. The van der Waals surface area contributed by atoms with Crippen molar-refractivity contribution in [2.75, 3.05) is 13.7 Å². The van der Waals surface area contributed by atoms with Crippen molar-refractivity contribution in [2.45, 2.75) is 13.1 Å². The van der Waals surface area contributed by atoms with Crippen LogP contribution in [-0.2, 0) is 11.0 Å². The van der Waals surface area contributed by atoms with Gasteiger partial charge in [0.2, 0.25) is 5.91 Å². The molecule has 1 rings (SSSR count). The fourth-order valence-corrected chi connectivity index (χ4v) is 1.41. The Bertz CT molecular complexity index is 481. The van der Waals surface area contributed by atoms with E-state index in [1.807, 2.05) is 0 Å². The molecule has 0 unspecified atom stereocenters. The molecule has 1 amide bonds. The van der Waals surface area contributed by atoms with Gasteiger partial charge in [-0.05, 0) is 12.1 Å². The first-order valence-corrected chi connectivity index (χ1v) is 5.51. The van der Waals surface area contributed by atoms with Crippen LogP contribution in [0.5, 0.6) is 5.75 Å². The van der Waals surface area contributed by atoms with Crippen molar-refractivity contribution < 1.29 is 22.7 Å². The monoisotopic (exact) mass is 273 g/mol. The summed E-state index contributed by atoms with van der Waals surface area (Å²) in [6.45, 7) is 1.69. The fourth-order valence-electron chi connectivity index (χ4n) is 1.41. The molecule has 1 N–H and O–H groups in total. The number of benzene rings is 1. The van der Waals surface area contributed by atoms with Gasteiger partial charge in [0.05, 0.1) is 12.7 Å². The van der Waals surface area contributed by atoms with Gasteiger partial charge >= 0.3 is 6.18 Å². The van der Waals surface area contributed by atoms with Gasteiger partial charge in [0, 0.05) is 19.0 Å². The van der Waals surface area contributed by atoms with Crippen LogP contribution in [0.2, 0.25) is 0 Å². The van der Waals surface area contributed by atoms with E-state index >= 15 is 0 Å². The molecule has 3 nitrogen and oxygen atoms in total. The first-order chi connectivity index (χ1) is 8.84. The first-order valence-electron chi connectivity index (χ1n) is 5.51. The molecule has 0 bridgehead atoms. The van der Waals surface area contributed by atoms with Gasteiger partial charge in [-0.2, -0.15) is 13.2 Å². The van der Waals surface area contributed by atoms with Crippen LogP contribution in [0, 0.1) is 0 Å². The van der Waals surface area contributed by atoms with Gasteiger partial charge in [-0.15, -0.1) is 0 Å². The molecule has 0 radical (unpaired) electrons. The molecule has 1 aromatic carbocycles. The summed E-state index contributed by atoms with van der Waals surface area (Å²) in [7, 11) is 1.31. The van der Waals surface area contributed by atoms with Crippen LogP contribution in [0.25, 0.3) is 6.08 Å². The highest BCUT2D eigenvalue weighted by molar-refractivity contribution is 5.73. The van der Waals surface area contributed by atoms with Gasteiger partial charge < -0.3 is 10.1 Å². The molecule has 6 heteroatoms. The molecule has 0 saturated carbocycles. The van der Waals surface area contributed by atoms with E-state index in [9.17, 15) is 18.0 Å². The number of amides is 1. The molecule has 19 heavy (non-hydrogen) atoms. The Morgan fingerprint density at radius 2 is 2.11 bits per heavy atom. The fraction of sp³-hybridized carbons (Fsp3) is 0.308. The zero-order valence-electron chi connectivity index (χ0n) is 10.5. The summed E-state index contributed by atoms with van der Waals surface area (Å²) in [4.78, 5) is 10.6. The highest BCUT2D eigenvalue weighted by atomic mass is 19.4. The summed E-state index contributed by atoms with van der Waals surface area (Å²) in [5.74, 6) is -0.0436. The normalized spacial score (nSPS) is 11.6. The molecule has 0 aromatic heterocycles. The molecular formula is C13H14F3NO2. The lowest BCUT2D eigenvalue weighted by atomic mass is 10.1. The Kier molecular flexibility index (Phi) is 4.97. The second-order valence-corrected chi connectivity index (χ2v) is 3.79. The third kappa shape index (κ3) is 4.65. The summed E-state index contributed by atoms with van der Waals surface area (Å²) in [5, 5.41) is 2.54. The van der Waals surface area contributed by atoms with Gasteiger partial charge in [-0.3, -0.25) is 4.79 Å². The van der Waals surface area contributed by atoms with E-state index in [-0.39, 0.29) is 11.7 Å². The lowest BCUT2D eigenvalue weighted by molar-refractivity contribution is -0.137. The zero-order chi connectivity index (χ0) is 14.5. The van der Waals surface area contributed by atoms with E-state index in [0.717, 1.165) is 12.1 Å². The van der Waals surface area contributed by atoms with E-state index in [4.69, 9.17) is 4.74 Å². The predicted molar refractivity (Wildman–Crippen MR) is 65.7 cm³/mol. The minimum atomic E-state index is -4.40. The molecule has 0 aliphatic carbocycles. The molecule has 0 aliphatic heterocycles. The number of hydrogen-bond acceptors (Lipinski definition) is 2. The van der Waals surface area contributed by atoms with Crippen LogP contribution in [0.3, 0.4) is 0 Å². The minimum Gasteiger partial charge on any atom is -0.496 e. The maximum atomic E-state index is 12.5. The lowest BCUT2D eigenvalue weighted by Crippen LogP contribution is -2.19. The molecule has 0 atom stereocenters. The van der Waals surface area contributed by atoms with E-state index < -0.39 is 11.7 Å². The molecule has 0 saturated heterocycles. The molecular weight excluding hydrogens is 259 g/mol. The lowest BCUT2D eigenvalue weighted by Gasteiger charge is -2.10. The Morgan fingerprint density at radius 3 is 2.63 bits per heavy atom. The maximum Gasteiger partial charge on any atom is 0.416 e. The largest absolute Gasteiger partial charge is 0.496 e. The highest BCUT2D eigenvalue weighted by Gasteiger charge is 2.31. The topological polar surface area (TPSA) is 38.3 Å².